The van der Waals surface area contributed by atoms with Crippen molar-refractivity contribution in [2.24, 2.45) is 0 Å². The van der Waals surface area contributed by atoms with Crippen molar-refractivity contribution < 1.29 is 9.59 Å². The van der Waals surface area contributed by atoms with E-state index in [1.54, 1.807) is 0 Å². The van der Waals surface area contributed by atoms with Crippen LogP contribution >= 0.6 is 0 Å². The van der Waals surface area contributed by atoms with Gasteiger partial charge in [0.25, 0.3) is 0 Å². The Labute approximate surface area is 168 Å². The van der Waals surface area contributed by atoms with E-state index in [1.807, 2.05) is 43.0 Å². The van der Waals surface area contributed by atoms with E-state index in [2.05, 4.69) is 15.1 Å². The molecule has 2 saturated heterocycles. The Bertz CT molecular complexity index is 662. The molecular weight excluding hydrogens is 352 g/mol. The number of anilines is 1. The number of likely N-dealkylation sites (tertiary alicyclic amines) is 1. The molecule has 0 aromatic heterocycles. The van der Waals surface area contributed by atoms with Gasteiger partial charge >= 0.3 is 0 Å². The van der Waals surface area contributed by atoms with Gasteiger partial charge in [0, 0.05) is 45.0 Å². The van der Waals surface area contributed by atoms with Gasteiger partial charge in [-0.1, -0.05) is 31.0 Å². The maximum Gasteiger partial charge on any atom is 0.241 e. The summed E-state index contributed by atoms with van der Waals surface area (Å²) in [7, 11) is 0. The number of nitrogens with one attached hydrogen (secondary N) is 1. The topological polar surface area (TPSA) is 55.9 Å². The highest BCUT2D eigenvalue weighted by molar-refractivity contribution is 5.95. The fourth-order valence-electron chi connectivity index (χ4n) is 4.04. The summed E-state index contributed by atoms with van der Waals surface area (Å²) >= 11 is 0. The molecule has 1 unspecified atom stereocenters. The van der Waals surface area contributed by atoms with Crippen LogP contribution < -0.4 is 5.32 Å². The van der Waals surface area contributed by atoms with Gasteiger partial charge in [0.15, 0.2) is 0 Å². The quantitative estimate of drug-likeness (QED) is 0.844. The van der Waals surface area contributed by atoms with Crippen molar-refractivity contribution in [3.8, 4) is 0 Å². The van der Waals surface area contributed by atoms with Crippen molar-refractivity contribution in [1.82, 2.24) is 14.7 Å². The summed E-state index contributed by atoms with van der Waals surface area (Å²) in [4.78, 5) is 31.7. The number of hydrogen-bond donors (Lipinski definition) is 1. The Balaban J connectivity index is 1.44. The SMILES string of the molecule is Cc1ccccc1NC(=O)C(C)N1CCN(CC(=O)N2CCCCCC2)CC1. The molecule has 0 radical (unpaired) electrons. The van der Waals surface area contributed by atoms with Crippen LogP contribution in [0.15, 0.2) is 24.3 Å². The van der Waals surface area contributed by atoms with Crippen molar-refractivity contribution in [3.05, 3.63) is 29.8 Å². The highest BCUT2D eigenvalue weighted by atomic mass is 16.2. The van der Waals surface area contributed by atoms with Crippen molar-refractivity contribution in [2.75, 3.05) is 51.1 Å². The van der Waals surface area contributed by atoms with Gasteiger partial charge < -0.3 is 10.2 Å². The second-order valence-electron chi connectivity index (χ2n) is 8.09. The highest BCUT2D eigenvalue weighted by Gasteiger charge is 2.27. The lowest BCUT2D eigenvalue weighted by Gasteiger charge is -2.37. The first-order chi connectivity index (χ1) is 13.5. The predicted molar refractivity (Wildman–Crippen MR) is 112 cm³/mol. The summed E-state index contributed by atoms with van der Waals surface area (Å²) in [5, 5.41) is 3.04. The van der Waals surface area contributed by atoms with Crippen molar-refractivity contribution >= 4 is 17.5 Å². The third kappa shape index (κ3) is 5.55. The van der Waals surface area contributed by atoms with Gasteiger partial charge in [0.05, 0.1) is 12.6 Å². The van der Waals surface area contributed by atoms with E-state index in [-0.39, 0.29) is 17.9 Å². The van der Waals surface area contributed by atoms with Crippen LogP contribution in [0, 0.1) is 6.92 Å². The minimum atomic E-state index is -0.178. The van der Waals surface area contributed by atoms with E-state index in [0.29, 0.717) is 6.54 Å². The maximum atomic E-state index is 12.6. The molecule has 1 aromatic rings. The van der Waals surface area contributed by atoms with Gasteiger partial charge in [-0.25, -0.2) is 0 Å². The molecule has 1 aromatic carbocycles. The molecule has 1 atom stereocenters. The molecule has 2 heterocycles. The first-order valence-corrected chi connectivity index (χ1v) is 10.7. The van der Waals surface area contributed by atoms with E-state index in [1.165, 1.54) is 12.8 Å². The lowest BCUT2D eigenvalue weighted by Crippen LogP contribution is -2.54. The van der Waals surface area contributed by atoms with Crippen LogP contribution in [0.4, 0.5) is 5.69 Å². The molecule has 3 rings (SSSR count). The zero-order valence-corrected chi connectivity index (χ0v) is 17.3. The highest BCUT2D eigenvalue weighted by Crippen LogP contribution is 2.15. The van der Waals surface area contributed by atoms with Gasteiger partial charge in [-0.3, -0.25) is 19.4 Å². The number of carbonyl (C=O) groups is 2. The second-order valence-corrected chi connectivity index (χ2v) is 8.09. The number of benzene rings is 1. The predicted octanol–water partition coefficient (Wildman–Crippen LogP) is 2.34. The molecule has 6 heteroatoms. The molecule has 0 spiro atoms. The molecule has 0 bridgehead atoms. The van der Waals surface area contributed by atoms with Crippen molar-refractivity contribution in [3.63, 3.8) is 0 Å². The first kappa shape index (κ1) is 20.8. The van der Waals surface area contributed by atoms with Crippen LogP contribution in [0.3, 0.4) is 0 Å². The van der Waals surface area contributed by atoms with Crippen LogP contribution in [0.2, 0.25) is 0 Å². The summed E-state index contributed by atoms with van der Waals surface area (Å²) in [6.45, 7) is 9.60. The zero-order chi connectivity index (χ0) is 19.9. The van der Waals surface area contributed by atoms with E-state index in [0.717, 1.165) is 63.4 Å². The number of piperazine rings is 1. The third-order valence-corrected chi connectivity index (χ3v) is 6.05. The van der Waals surface area contributed by atoms with Gasteiger partial charge in [0.2, 0.25) is 11.8 Å². The number of carbonyl (C=O) groups excluding carboxylic acids is 2. The van der Waals surface area contributed by atoms with Crippen LogP contribution in [-0.2, 0) is 9.59 Å². The Morgan fingerprint density at radius 1 is 0.964 bits per heavy atom. The average molecular weight is 387 g/mol. The van der Waals surface area contributed by atoms with E-state index < -0.39 is 0 Å². The molecule has 2 fully saturated rings. The van der Waals surface area contributed by atoms with E-state index >= 15 is 0 Å². The van der Waals surface area contributed by atoms with Crippen LogP contribution in [0.25, 0.3) is 0 Å². The summed E-state index contributed by atoms with van der Waals surface area (Å²) < 4.78 is 0. The summed E-state index contributed by atoms with van der Waals surface area (Å²) in [6.07, 6.45) is 4.75. The first-order valence-electron chi connectivity index (χ1n) is 10.7. The molecule has 1 N–H and O–H groups in total. The lowest BCUT2D eigenvalue weighted by atomic mass is 10.1. The number of para-hydroxylation sites is 1. The van der Waals surface area contributed by atoms with Crippen molar-refractivity contribution in [1.29, 1.82) is 0 Å². The fraction of sp³-hybridized carbons (Fsp3) is 0.636. The number of hydrogen-bond acceptors (Lipinski definition) is 4. The van der Waals surface area contributed by atoms with Gasteiger partial charge in [-0.15, -0.1) is 0 Å². The molecule has 154 valence electrons. The molecule has 28 heavy (non-hydrogen) atoms. The molecule has 2 amide bonds. The standard InChI is InChI=1S/C22H34N4O2/c1-18-9-5-6-10-20(18)23-22(28)19(2)25-15-13-24(14-16-25)17-21(27)26-11-7-3-4-8-12-26/h5-6,9-10,19H,3-4,7-8,11-17H2,1-2H3,(H,23,28). The summed E-state index contributed by atoms with van der Waals surface area (Å²) in [5.41, 5.74) is 1.95. The maximum absolute atomic E-state index is 12.6. The molecule has 2 aliphatic rings. The number of rotatable bonds is 5. The largest absolute Gasteiger partial charge is 0.342 e. The second kappa shape index (κ2) is 10.0. The molecule has 2 aliphatic heterocycles. The minimum Gasteiger partial charge on any atom is -0.342 e. The van der Waals surface area contributed by atoms with Crippen LogP contribution in [0.5, 0.6) is 0 Å². The normalized spacial score (nSPS) is 20.4. The molecule has 0 saturated carbocycles. The Morgan fingerprint density at radius 3 is 2.25 bits per heavy atom. The van der Waals surface area contributed by atoms with Crippen LogP contribution in [-0.4, -0.2) is 78.4 Å². The summed E-state index contributed by atoms with van der Waals surface area (Å²) in [6, 6.07) is 7.67. The monoisotopic (exact) mass is 386 g/mol. The summed E-state index contributed by atoms with van der Waals surface area (Å²) in [5.74, 6) is 0.295. The Morgan fingerprint density at radius 2 is 1.61 bits per heavy atom. The van der Waals surface area contributed by atoms with Crippen molar-refractivity contribution in [2.45, 2.75) is 45.6 Å². The number of aryl methyl sites for hydroxylation is 1. The van der Waals surface area contributed by atoms with Crippen LogP contribution in [0.1, 0.15) is 38.2 Å². The number of nitrogens with zero attached hydrogens (tertiary/aromatic N) is 3. The molecule has 0 aliphatic carbocycles. The number of amides is 2. The minimum absolute atomic E-state index is 0.0309. The smallest absolute Gasteiger partial charge is 0.241 e. The van der Waals surface area contributed by atoms with Gasteiger partial charge in [0.1, 0.15) is 0 Å². The zero-order valence-electron chi connectivity index (χ0n) is 17.3. The molecular formula is C22H34N4O2. The Kier molecular flexibility index (Phi) is 7.45. The van der Waals surface area contributed by atoms with E-state index in [9.17, 15) is 9.59 Å². The third-order valence-electron chi connectivity index (χ3n) is 6.05. The van der Waals surface area contributed by atoms with Gasteiger partial charge in [-0.2, -0.15) is 0 Å². The van der Waals surface area contributed by atoms with E-state index in [4.69, 9.17) is 0 Å². The van der Waals surface area contributed by atoms with Gasteiger partial charge in [-0.05, 0) is 38.3 Å². The molecule has 6 nitrogen and oxygen atoms in total. The average Bonchev–Trinajstić information content (AvgIpc) is 2.99. The fourth-order valence-corrected chi connectivity index (χ4v) is 4.04. The Hall–Kier alpha value is -1.92. The lowest BCUT2D eigenvalue weighted by molar-refractivity contribution is -0.133.